The molecule has 2 N–H and O–H groups in total. The fourth-order valence-corrected chi connectivity index (χ4v) is 4.12. The van der Waals surface area contributed by atoms with E-state index >= 15 is 0 Å². The van der Waals surface area contributed by atoms with Crippen LogP contribution in [0.3, 0.4) is 0 Å². The number of nitrogens with zero attached hydrogens (tertiary/aromatic N) is 1. The molecule has 7 heteroatoms. The number of unbranched alkanes of at least 4 members (excludes halogenated alkanes) is 1. The van der Waals surface area contributed by atoms with Crippen molar-refractivity contribution < 1.29 is 18.6 Å². The van der Waals surface area contributed by atoms with Crippen LogP contribution in [0.5, 0.6) is 5.75 Å². The highest BCUT2D eigenvalue weighted by Gasteiger charge is 2.42. The molecule has 0 fully saturated rings. The van der Waals surface area contributed by atoms with E-state index in [1.807, 2.05) is 0 Å². The number of ether oxygens (including phenoxy) is 1. The Morgan fingerprint density at radius 3 is 2.74 bits per heavy atom. The Hall–Kier alpha value is -0.760. The Kier molecular flexibility index (Phi) is 4.39. The normalized spacial score (nSPS) is 18.3. The Balaban J connectivity index is 2.35. The van der Waals surface area contributed by atoms with Crippen LogP contribution in [-0.2, 0) is 0 Å². The number of halogens is 1. The highest BCUT2D eigenvalue weighted by atomic mass is 79.9. The van der Waals surface area contributed by atoms with Gasteiger partial charge < -0.3 is 4.74 Å². The topological polar surface area (TPSA) is 70.0 Å². The molecule has 0 aromatic heterocycles. The summed E-state index contributed by atoms with van der Waals surface area (Å²) in [5.74, 6) is 0.00693. The molecule has 0 saturated carbocycles. The number of benzene rings is 1. The summed E-state index contributed by atoms with van der Waals surface area (Å²) in [5.41, 5.74) is 0.267. The molecular formula is C12H16BrNO4S. The van der Waals surface area contributed by atoms with Gasteiger partial charge in [0.15, 0.2) is 0 Å². The van der Waals surface area contributed by atoms with E-state index in [9.17, 15) is 13.9 Å². The molecule has 19 heavy (non-hydrogen) atoms. The first-order valence-electron chi connectivity index (χ1n) is 5.87. The summed E-state index contributed by atoms with van der Waals surface area (Å²) in [6.07, 6.45) is 1.58. The zero-order chi connectivity index (χ0) is 14.0. The molecule has 0 bridgehead atoms. The molecule has 1 aliphatic heterocycles. The van der Waals surface area contributed by atoms with Crippen molar-refractivity contribution >= 4 is 32.6 Å². The van der Waals surface area contributed by atoms with Gasteiger partial charge in [-0.1, -0.05) is 32.8 Å². The largest absolute Gasteiger partial charge is 0.496 e. The summed E-state index contributed by atoms with van der Waals surface area (Å²) in [5, 5.41) is 0.824. The lowest BCUT2D eigenvalue weighted by Gasteiger charge is -2.36. The quantitative estimate of drug-likeness (QED) is 0.631. The van der Waals surface area contributed by atoms with E-state index in [0.29, 0.717) is 18.7 Å². The first-order valence-corrected chi connectivity index (χ1v) is 8.49. The molecule has 106 valence electrons. The third-order valence-corrected chi connectivity index (χ3v) is 5.45. The number of rotatable bonds is 5. The molecule has 0 atom stereocenters. The average Bonchev–Trinajstić information content (AvgIpc) is 2.60. The monoisotopic (exact) mass is 349 g/mol. The minimum atomic E-state index is -3.22. The minimum absolute atomic E-state index is 0.260. The van der Waals surface area contributed by atoms with E-state index in [2.05, 4.69) is 15.9 Å². The first-order chi connectivity index (χ1) is 9.04. The summed E-state index contributed by atoms with van der Waals surface area (Å²) in [6, 6.07) is 4.87. The number of fused-ring (bicyclic) bond motifs is 1. The van der Waals surface area contributed by atoms with Gasteiger partial charge in [0, 0.05) is 11.9 Å². The molecule has 0 radical (unpaired) electrons. The lowest BCUT2D eigenvalue weighted by atomic mass is 10.2. The summed E-state index contributed by atoms with van der Waals surface area (Å²) in [6.45, 7) is 0.324. The van der Waals surface area contributed by atoms with Crippen LogP contribution in [0.2, 0.25) is 0 Å². The molecule has 0 unspecified atom stereocenters. The lowest BCUT2D eigenvalue weighted by Crippen LogP contribution is -2.28. The Bertz CT molecular complexity index is 495. The van der Waals surface area contributed by atoms with Crippen LogP contribution in [0.4, 0.5) is 0 Å². The molecule has 0 spiro atoms. The third-order valence-electron chi connectivity index (χ3n) is 3.00. The Morgan fingerprint density at radius 1 is 1.37 bits per heavy atom. The summed E-state index contributed by atoms with van der Waals surface area (Å²) in [7, 11) is -1.76. The molecule has 0 aliphatic carbocycles. The maximum atomic E-state index is 12.3. The maximum Gasteiger partial charge on any atom is 0.277 e. The van der Waals surface area contributed by atoms with E-state index in [-0.39, 0.29) is 16.4 Å². The summed E-state index contributed by atoms with van der Waals surface area (Å²) in [4.78, 5) is 12.6. The van der Waals surface area contributed by atoms with Crippen LogP contribution in [0, 0.1) is 0 Å². The van der Waals surface area contributed by atoms with Gasteiger partial charge in [-0.3, -0.25) is 13.9 Å². The first kappa shape index (κ1) is 14.6. The molecule has 1 aliphatic rings. The van der Waals surface area contributed by atoms with Crippen LogP contribution < -0.4 is 4.74 Å². The van der Waals surface area contributed by atoms with E-state index in [1.165, 1.54) is 7.11 Å². The smallest absolute Gasteiger partial charge is 0.277 e. The maximum absolute atomic E-state index is 12.3. The molecule has 0 saturated heterocycles. The number of carbonyl (C=O) groups is 1. The summed E-state index contributed by atoms with van der Waals surface area (Å²) < 4.78 is 26.8. The predicted octanol–water partition coefficient (Wildman–Crippen LogP) is 3.35. The third kappa shape index (κ3) is 2.47. The molecule has 1 amide bonds. The molecular weight excluding hydrogens is 334 g/mol. The van der Waals surface area contributed by atoms with Crippen LogP contribution in [0.25, 0.3) is 0 Å². The summed E-state index contributed by atoms with van der Waals surface area (Å²) >= 11 is 3.31. The van der Waals surface area contributed by atoms with E-state index in [1.54, 1.807) is 18.2 Å². The molecule has 5 nitrogen and oxygen atoms in total. The molecule has 1 heterocycles. The van der Waals surface area contributed by atoms with Crippen LogP contribution in [0.15, 0.2) is 23.1 Å². The van der Waals surface area contributed by atoms with Gasteiger partial charge in [-0.25, -0.2) is 4.31 Å². The van der Waals surface area contributed by atoms with Gasteiger partial charge in [-0.05, 0) is 25.0 Å². The van der Waals surface area contributed by atoms with Crippen LogP contribution >= 0.6 is 26.7 Å². The van der Waals surface area contributed by atoms with Crippen molar-refractivity contribution in [2.75, 3.05) is 19.0 Å². The second kappa shape index (κ2) is 5.70. The second-order valence-electron chi connectivity index (χ2n) is 4.16. The lowest BCUT2D eigenvalue weighted by molar-refractivity contribution is 0.0858. The zero-order valence-corrected chi connectivity index (χ0v) is 12.9. The Morgan fingerprint density at radius 2 is 2.11 bits per heavy atom. The van der Waals surface area contributed by atoms with Gasteiger partial charge in [-0.15, -0.1) is 0 Å². The number of hydrogen-bond acceptors (Lipinski definition) is 4. The van der Waals surface area contributed by atoms with Crippen molar-refractivity contribution in [1.29, 1.82) is 0 Å². The van der Waals surface area contributed by atoms with Gasteiger partial charge >= 0.3 is 0 Å². The van der Waals surface area contributed by atoms with Gasteiger partial charge in [0.05, 0.1) is 12.0 Å². The second-order valence-corrected chi connectivity index (χ2v) is 6.87. The van der Waals surface area contributed by atoms with Crippen molar-refractivity contribution in [2.24, 2.45) is 0 Å². The SMILES string of the molecule is COc1cccc2c1C(=O)N(CCCCBr)S2(O)O. The average molecular weight is 350 g/mol. The molecule has 1 aromatic carbocycles. The Labute approximate surface area is 122 Å². The molecule has 1 aromatic rings. The van der Waals surface area contributed by atoms with Gasteiger partial charge in [0.1, 0.15) is 11.3 Å². The fraction of sp³-hybridized carbons (Fsp3) is 0.417. The number of carbonyl (C=O) groups excluding carboxylic acids is 1. The number of alkyl halides is 1. The van der Waals surface area contributed by atoms with Crippen molar-refractivity contribution in [3.8, 4) is 5.75 Å². The molecule has 2 rings (SSSR count). The van der Waals surface area contributed by atoms with E-state index in [4.69, 9.17) is 4.74 Å². The number of amides is 1. The van der Waals surface area contributed by atoms with Crippen LogP contribution in [-0.4, -0.2) is 38.3 Å². The van der Waals surface area contributed by atoms with Crippen molar-refractivity contribution in [1.82, 2.24) is 4.31 Å². The van der Waals surface area contributed by atoms with Crippen LogP contribution in [0.1, 0.15) is 23.2 Å². The number of methoxy groups -OCH3 is 1. The number of hydrogen-bond donors (Lipinski definition) is 2. The van der Waals surface area contributed by atoms with Crippen molar-refractivity contribution in [3.05, 3.63) is 23.8 Å². The van der Waals surface area contributed by atoms with Crippen molar-refractivity contribution in [2.45, 2.75) is 17.7 Å². The van der Waals surface area contributed by atoms with Gasteiger partial charge in [-0.2, -0.15) is 0 Å². The standard InChI is InChI=1S/C12H16BrNO4S/c1-18-9-5-4-6-10-11(9)12(15)14(19(10,16)17)8-3-2-7-13/h4-6,16-17H,2-3,7-8H2,1H3. The van der Waals surface area contributed by atoms with E-state index in [0.717, 1.165) is 16.1 Å². The minimum Gasteiger partial charge on any atom is -0.496 e. The highest BCUT2D eigenvalue weighted by molar-refractivity contribution is 9.09. The van der Waals surface area contributed by atoms with Gasteiger partial charge in [0.25, 0.3) is 5.91 Å². The highest BCUT2D eigenvalue weighted by Crippen LogP contribution is 2.60. The van der Waals surface area contributed by atoms with Gasteiger partial charge in [0.2, 0.25) is 0 Å². The zero-order valence-electron chi connectivity index (χ0n) is 10.5. The van der Waals surface area contributed by atoms with Crippen molar-refractivity contribution in [3.63, 3.8) is 0 Å². The fourth-order valence-electron chi connectivity index (χ4n) is 2.06. The van der Waals surface area contributed by atoms with E-state index < -0.39 is 10.8 Å². The predicted molar refractivity (Wildman–Crippen MR) is 78.2 cm³/mol.